The number of halogens is 3. The van der Waals surface area contributed by atoms with Crippen molar-refractivity contribution in [3.8, 4) is 0 Å². The molecule has 0 unspecified atom stereocenters. The number of nitrogens with zero attached hydrogens (tertiary/aromatic N) is 1. The van der Waals surface area contributed by atoms with Crippen LogP contribution in [-0.4, -0.2) is 44.7 Å². The third-order valence-corrected chi connectivity index (χ3v) is 3.38. The van der Waals surface area contributed by atoms with E-state index in [1.54, 1.807) is 6.92 Å². The number of nitrogens with one attached hydrogen (secondary N) is 1. The number of hydrogen-bond acceptors (Lipinski definition) is 3. The molecule has 0 radical (unpaired) electrons. The first-order valence-corrected chi connectivity index (χ1v) is 8.37. The summed E-state index contributed by atoms with van der Waals surface area (Å²) in [6.07, 6.45) is -2.42. The van der Waals surface area contributed by atoms with Crippen LogP contribution in [0.15, 0.2) is 30.9 Å². The molecule has 5 nitrogen and oxygen atoms in total. The van der Waals surface area contributed by atoms with Gasteiger partial charge >= 0.3 is 6.18 Å². The lowest BCUT2D eigenvalue weighted by atomic mass is 10.1. The zero-order valence-electron chi connectivity index (χ0n) is 12.6. The molecule has 0 aliphatic carbocycles. The minimum absolute atomic E-state index is 0.0483. The highest BCUT2D eigenvalue weighted by atomic mass is 32.2. The Balaban J connectivity index is 3.14. The van der Waals surface area contributed by atoms with E-state index < -0.39 is 28.7 Å². The number of carbonyl (C=O) groups is 1. The molecule has 0 aliphatic rings. The van der Waals surface area contributed by atoms with Gasteiger partial charge in [-0.2, -0.15) is 13.2 Å². The van der Waals surface area contributed by atoms with Crippen LogP contribution < -0.4 is 4.72 Å². The van der Waals surface area contributed by atoms with E-state index in [1.165, 1.54) is 24.3 Å². The zero-order chi connectivity index (χ0) is 17.8. The van der Waals surface area contributed by atoms with Crippen molar-refractivity contribution in [2.45, 2.75) is 13.1 Å². The fourth-order valence-corrected chi connectivity index (χ4v) is 2.46. The first-order valence-electron chi connectivity index (χ1n) is 6.48. The van der Waals surface area contributed by atoms with Gasteiger partial charge in [-0.05, 0) is 24.6 Å². The van der Waals surface area contributed by atoms with Gasteiger partial charge in [0.15, 0.2) is 0 Å². The van der Waals surface area contributed by atoms with Crippen molar-refractivity contribution in [3.63, 3.8) is 0 Å². The van der Waals surface area contributed by atoms with Gasteiger partial charge < -0.3 is 4.90 Å². The van der Waals surface area contributed by atoms with Gasteiger partial charge in [0.2, 0.25) is 10.0 Å². The van der Waals surface area contributed by atoms with Crippen molar-refractivity contribution in [2.75, 3.05) is 24.1 Å². The van der Waals surface area contributed by atoms with Crippen LogP contribution in [0.25, 0.3) is 0 Å². The van der Waals surface area contributed by atoms with Crippen LogP contribution in [-0.2, 0) is 10.0 Å². The lowest BCUT2D eigenvalue weighted by molar-refractivity contribution is -0.139. The van der Waals surface area contributed by atoms with Crippen molar-refractivity contribution in [2.24, 2.45) is 0 Å². The van der Waals surface area contributed by atoms with Crippen LogP contribution in [0.3, 0.4) is 0 Å². The van der Waals surface area contributed by atoms with Gasteiger partial charge in [-0.3, -0.25) is 9.52 Å². The summed E-state index contributed by atoms with van der Waals surface area (Å²) in [5, 5.41) is 0. The molecule has 1 rings (SSSR count). The zero-order valence-corrected chi connectivity index (χ0v) is 13.5. The van der Waals surface area contributed by atoms with E-state index in [2.05, 4.69) is 11.3 Å². The minimum Gasteiger partial charge on any atom is -0.326 e. The van der Waals surface area contributed by atoms with Crippen molar-refractivity contribution in [3.05, 3.63) is 42.0 Å². The van der Waals surface area contributed by atoms with Crippen LogP contribution >= 0.6 is 0 Å². The second-order valence-electron chi connectivity index (χ2n) is 4.99. The summed E-state index contributed by atoms with van der Waals surface area (Å²) in [6.45, 7) is 3.25. The smallest absolute Gasteiger partial charge is 0.326 e. The highest BCUT2D eigenvalue weighted by molar-refractivity contribution is 7.92. The first kappa shape index (κ1) is 19.0. The predicted octanol–water partition coefficient (Wildman–Crippen LogP) is 2.56. The number of carbonyl (C=O) groups excluding carboxylic acids is 1. The Morgan fingerprint density at radius 1 is 1.39 bits per heavy atom. The van der Waals surface area contributed by atoms with E-state index in [4.69, 9.17) is 0 Å². The highest BCUT2D eigenvalue weighted by Crippen LogP contribution is 2.22. The number of hydrogen-bond donors (Lipinski definition) is 1. The van der Waals surface area contributed by atoms with Crippen LogP contribution in [0.1, 0.15) is 15.9 Å². The highest BCUT2D eigenvalue weighted by Gasteiger charge is 2.33. The Labute approximate surface area is 132 Å². The Morgan fingerprint density at radius 2 is 2.00 bits per heavy atom. The van der Waals surface area contributed by atoms with Crippen LogP contribution in [0.4, 0.5) is 18.9 Å². The summed E-state index contributed by atoms with van der Waals surface area (Å²) >= 11 is 0. The number of anilines is 1. The lowest BCUT2D eigenvalue weighted by Gasteiger charge is -2.23. The van der Waals surface area contributed by atoms with Crippen LogP contribution in [0.2, 0.25) is 0 Å². The maximum absolute atomic E-state index is 12.6. The molecule has 1 aromatic rings. The molecule has 0 aliphatic heterocycles. The van der Waals surface area contributed by atoms with Gasteiger partial charge in [0.1, 0.15) is 6.54 Å². The quantitative estimate of drug-likeness (QED) is 0.802. The molecule has 0 bridgehead atoms. The van der Waals surface area contributed by atoms with Crippen molar-refractivity contribution in [1.29, 1.82) is 0 Å². The number of aryl methyl sites for hydroxylation is 1. The SMILES string of the molecule is C=CCN(CC(F)(F)F)C(=O)c1ccc(C)c(NS(C)(=O)=O)c1. The molecule has 0 saturated carbocycles. The molecule has 9 heteroatoms. The van der Waals surface area contributed by atoms with E-state index >= 15 is 0 Å². The van der Waals surface area contributed by atoms with Crippen LogP contribution in [0, 0.1) is 6.92 Å². The molecular weight excluding hydrogens is 333 g/mol. The van der Waals surface area contributed by atoms with E-state index in [1.807, 2.05) is 0 Å². The fraction of sp³-hybridized carbons (Fsp3) is 0.357. The number of benzene rings is 1. The van der Waals surface area contributed by atoms with Gasteiger partial charge in [-0.1, -0.05) is 12.1 Å². The van der Waals surface area contributed by atoms with E-state index in [0.29, 0.717) is 10.5 Å². The number of alkyl halides is 3. The summed E-state index contributed by atoms with van der Waals surface area (Å²) in [4.78, 5) is 12.8. The number of sulfonamides is 1. The topological polar surface area (TPSA) is 66.5 Å². The standard InChI is InChI=1S/C14H17F3N2O3S/c1-4-7-19(9-14(15,16)17)13(20)11-6-5-10(2)12(8-11)18-23(3,21)22/h4-6,8,18H,1,7,9H2,2-3H3. The molecule has 1 N–H and O–H groups in total. The molecule has 1 aromatic carbocycles. The lowest BCUT2D eigenvalue weighted by Crippen LogP contribution is -2.39. The molecule has 0 aromatic heterocycles. The predicted molar refractivity (Wildman–Crippen MR) is 81.8 cm³/mol. The molecule has 1 amide bonds. The van der Waals surface area contributed by atoms with Crippen molar-refractivity contribution < 1.29 is 26.4 Å². The number of rotatable bonds is 6. The third kappa shape index (κ3) is 6.31. The first-order chi connectivity index (χ1) is 10.4. The molecule has 0 saturated heterocycles. The largest absolute Gasteiger partial charge is 0.406 e. The monoisotopic (exact) mass is 350 g/mol. The van der Waals surface area contributed by atoms with E-state index in [0.717, 1.165) is 6.26 Å². The third-order valence-electron chi connectivity index (χ3n) is 2.79. The molecule has 0 fully saturated rings. The van der Waals surface area contributed by atoms with Gasteiger partial charge in [-0.25, -0.2) is 8.42 Å². The second-order valence-corrected chi connectivity index (χ2v) is 6.74. The minimum atomic E-state index is -4.54. The summed E-state index contributed by atoms with van der Waals surface area (Å²) in [6, 6.07) is 4.02. The van der Waals surface area contributed by atoms with Gasteiger partial charge in [0, 0.05) is 12.1 Å². The average molecular weight is 350 g/mol. The maximum Gasteiger partial charge on any atom is 0.406 e. The van der Waals surface area contributed by atoms with E-state index in [-0.39, 0.29) is 17.8 Å². The summed E-state index contributed by atoms with van der Waals surface area (Å²) in [7, 11) is -3.57. The molecule has 128 valence electrons. The average Bonchev–Trinajstić information content (AvgIpc) is 2.37. The maximum atomic E-state index is 12.6. The Morgan fingerprint density at radius 3 is 2.48 bits per heavy atom. The van der Waals surface area contributed by atoms with Crippen LogP contribution in [0.5, 0.6) is 0 Å². The molecule has 0 heterocycles. The fourth-order valence-electron chi connectivity index (χ4n) is 1.84. The van der Waals surface area contributed by atoms with E-state index in [9.17, 15) is 26.4 Å². The molecule has 0 spiro atoms. The van der Waals surface area contributed by atoms with Gasteiger partial charge in [-0.15, -0.1) is 6.58 Å². The normalized spacial score (nSPS) is 11.9. The Kier molecular flexibility index (Phi) is 5.81. The molecule has 23 heavy (non-hydrogen) atoms. The second kappa shape index (κ2) is 7.03. The Hall–Kier alpha value is -2.03. The van der Waals surface area contributed by atoms with Crippen molar-refractivity contribution >= 4 is 21.6 Å². The van der Waals surface area contributed by atoms with Gasteiger partial charge in [0.05, 0.1) is 11.9 Å². The number of amides is 1. The van der Waals surface area contributed by atoms with Crippen molar-refractivity contribution in [1.82, 2.24) is 4.90 Å². The van der Waals surface area contributed by atoms with Gasteiger partial charge in [0.25, 0.3) is 5.91 Å². The molecule has 0 atom stereocenters. The summed E-state index contributed by atoms with van der Waals surface area (Å²) in [5.41, 5.74) is 0.634. The summed E-state index contributed by atoms with van der Waals surface area (Å²) < 4.78 is 62.5. The molecular formula is C14H17F3N2O3S. The summed E-state index contributed by atoms with van der Waals surface area (Å²) in [5.74, 6) is -0.862. The Bertz CT molecular complexity index is 700.